The average molecular weight is 522 g/mol. The zero-order valence-electron chi connectivity index (χ0n) is 21.3. The Morgan fingerprint density at radius 1 is 1.08 bits per heavy atom. The van der Waals surface area contributed by atoms with Gasteiger partial charge in [-0.05, 0) is 55.0 Å². The highest BCUT2D eigenvalue weighted by atomic mass is 32.2. The van der Waals surface area contributed by atoms with Crippen LogP contribution in [0.4, 0.5) is 10.5 Å². The predicted octanol–water partition coefficient (Wildman–Crippen LogP) is 3.04. The number of carbonyl (C=O) groups excluding carboxylic acids is 1. The normalized spacial score (nSPS) is 15.2. The molecule has 200 valence electrons. The Bertz CT molecular complexity index is 1000. The van der Waals surface area contributed by atoms with Crippen molar-refractivity contribution in [2.45, 2.75) is 50.2 Å². The number of hydrogen-bond acceptors (Lipinski definition) is 7. The lowest BCUT2D eigenvalue weighted by molar-refractivity contribution is 0.0944. The molecule has 9 nitrogen and oxygen atoms in total. The number of rotatable bonds is 10. The van der Waals surface area contributed by atoms with Crippen LogP contribution in [0.15, 0.2) is 59.5 Å². The number of nitrogens with zero attached hydrogens (tertiary/aromatic N) is 1. The molecule has 36 heavy (non-hydrogen) atoms. The van der Waals surface area contributed by atoms with Gasteiger partial charge in [-0.1, -0.05) is 44.2 Å². The minimum Gasteiger partial charge on any atom is -0.453 e. The lowest BCUT2D eigenvalue weighted by Crippen LogP contribution is -2.51. The second-order valence-corrected chi connectivity index (χ2v) is 11.0. The van der Waals surface area contributed by atoms with Gasteiger partial charge >= 0.3 is 6.09 Å². The van der Waals surface area contributed by atoms with Crippen LogP contribution in [0.1, 0.15) is 32.3 Å². The second kappa shape index (κ2) is 14.8. The number of carbonyl (C=O) groups is 1. The molecule has 3 rings (SSSR count). The van der Waals surface area contributed by atoms with E-state index in [0.717, 1.165) is 18.8 Å². The van der Waals surface area contributed by atoms with E-state index < -0.39 is 28.3 Å². The molecule has 1 fully saturated rings. The monoisotopic (exact) mass is 521 g/mol. The number of anilines is 1. The molecule has 1 amide bonds. The van der Waals surface area contributed by atoms with Crippen LogP contribution in [0.5, 0.6) is 0 Å². The molecule has 2 aromatic carbocycles. The molecule has 10 heteroatoms. The number of methoxy groups -OCH3 is 1. The fourth-order valence-electron chi connectivity index (χ4n) is 3.67. The van der Waals surface area contributed by atoms with Gasteiger partial charge in [0.15, 0.2) is 0 Å². The van der Waals surface area contributed by atoms with E-state index in [2.05, 4.69) is 10.1 Å². The molecule has 1 saturated heterocycles. The number of alkyl carbamates (subject to hydrolysis) is 1. The third-order valence-corrected chi connectivity index (χ3v) is 7.40. The first kappa shape index (κ1) is 29.6. The van der Waals surface area contributed by atoms with Crippen molar-refractivity contribution in [2.75, 3.05) is 39.1 Å². The van der Waals surface area contributed by atoms with Crippen molar-refractivity contribution in [2.24, 2.45) is 5.92 Å². The maximum atomic E-state index is 13.2. The van der Waals surface area contributed by atoms with Gasteiger partial charge in [0.1, 0.15) is 0 Å². The molecule has 0 saturated carbocycles. The molecule has 0 spiro atoms. The summed E-state index contributed by atoms with van der Waals surface area (Å²) in [6, 6.07) is 14.5. The van der Waals surface area contributed by atoms with Gasteiger partial charge in [-0.25, -0.2) is 13.2 Å². The molecule has 0 bridgehead atoms. The Balaban J connectivity index is 0.000000809. The quantitative estimate of drug-likeness (QED) is 0.410. The lowest BCUT2D eigenvalue weighted by atomic mass is 10.0. The van der Waals surface area contributed by atoms with Gasteiger partial charge in [-0.2, -0.15) is 4.31 Å². The van der Waals surface area contributed by atoms with Gasteiger partial charge in [0.25, 0.3) is 0 Å². The third-order valence-electron chi connectivity index (χ3n) is 5.56. The van der Waals surface area contributed by atoms with Crippen LogP contribution >= 0.6 is 0 Å². The van der Waals surface area contributed by atoms with Crippen molar-refractivity contribution in [1.82, 2.24) is 9.62 Å². The van der Waals surface area contributed by atoms with Crippen LogP contribution in [-0.2, 0) is 25.9 Å². The van der Waals surface area contributed by atoms with E-state index >= 15 is 0 Å². The van der Waals surface area contributed by atoms with Crippen LogP contribution in [0.3, 0.4) is 0 Å². The highest BCUT2D eigenvalue weighted by molar-refractivity contribution is 7.89. The summed E-state index contributed by atoms with van der Waals surface area (Å²) in [4.78, 5) is 11.9. The number of sulfonamides is 1. The fourth-order valence-corrected chi connectivity index (χ4v) is 5.30. The van der Waals surface area contributed by atoms with Crippen molar-refractivity contribution in [3.05, 3.63) is 60.2 Å². The van der Waals surface area contributed by atoms with Crippen molar-refractivity contribution in [1.29, 1.82) is 0 Å². The Morgan fingerprint density at radius 2 is 1.69 bits per heavy atom. The number of nitrogen functional groups attached to an aromatic ring is 1. The van der Waals surface area contributed by atoms with Crippen molar-refractivity contribution in [3.8, 4) is 0 Å². The van der Waals surface area contributed by atoms with Gasteiger partial charge in [0.05, 0.1) is 24.2 Å². The van der Waals surface area contributed by atoms with E-state index in [1.807, 2.05) is 44.2 Å². The first-order chi connectivity index (χ1) is 17.1. The molecule has 0 unspecified atom stereocenters. The molecular formula is C26H39N3O6S. The summed E-state index contributed by atoms with van der Waals surface area (Å²) in [5.41, 5.74) is 7.03. The maximum Gasteiger partial charge on any atom is 0.407 e. The molecule has 2 aromatic rings. The molecule has 1 aliphatic heterocycles. The van der Waals surface area contributed by atoms with Crippen LogP contribution in [-0.4, -0.2) is 69.5 Å². The lowest BCUT2D eigenvalue weighted by Gasteiger charge is -2.30. The molecule has 0 aliphatic carbocycles. The first-order valence-corrected chi connectivity index (χ1v) is 13.6. The van der Waals surface area contributed by atoms with E-state index in [4.69, 9.17) is 10.5 Å². The van der Waals surface area contributed by atoms with Gasteiger partial charge in [-0.3, -0.25) is 0 Å². The first-order valence-electron chi connectivity index (χ1n) is 12.1. The van der Waals surface area contributed by atoms with Gasteiger partial charge in [-0.15, -0.1) is 0 Å². The van der Waals surface area contributed by atoms with Crippen LogP contribution < -0.4 is 11.1 Å². The highest BCUT2D eigenvalue weighted by Crippen LogP contribution is 2.20. The van der Waals surface area contributed by atoms with Gasteiger partial charge in [0.2, 0.25) is 10.0 Å². The summed E-state index contributed by atoms with van der Waals surface area (Å²) in [7, 11) is -2.64. The number of hydrogen-bond donors (Lipinski definition) is 3. The topological polar surface area (TPSA) is 131 Å². The molecule has 1 aliphatic rings. The second-order valence-electron chi connectivity index (χ2n) is 9.10. The van der Waals surface area contributed by atoms with Crippen LogP contribution in [0, 0.1) is 5.92 Å². The Labute approximate surface area is 214 Å². The molecule has 4 N–H and O–H groups in total. The maximum absolute atomic E-state index is 13.2. The number of ether oxygens (including phenoxy) is 2. The molecule has 0 aromatic heterocycles. The van der Waals surface area contributed by atoms with Crippen molar-refractivity contribution in [3.63, 3.8) is 0 Å². The summed E-state index contributed by atoms with van der Waals surface area (Å²) in [5, 5.41) is 13.6. The average Bonchev–Trinajstić information content (AvgIpc) is 3.44. The van der Waals surface area contributed by atoms with E-state index in [1.165, 1.54) is 48.5 Å². The number of nitrogens with two attached hydrogens (primary N) is 1. The van der Waals surface area contributed by atoms with E-state index in [0.29, 0.717) is 12.1 Å². The van der Waals surface area contributed by atoms with Crippen LogP contribution in [0.25, 0.3) is 0 Å². The summed E-state index contributed by atoms with van der Waals surface area (Å²) >= 11 is 0. The van der Waals surface area contributed by atoms with E-state index in [1.54, 1.807) is 0 Å². The highest BCUT2D eigenvalue weighted by Gasteiger charge is 2.31. The van der Waals surface area contributed by atoms with Crippen molar-refractivity contribution >= 4 is 21.8 Å². The summed E-state index contributed by atoms with van der Waals surface area (Å²) < 4.78 is 37.3. The van der Waals surface area contributed by atoms with Crippen molar-refractivity contribution < 1.29 is 27.8 Å². The van der Waals surface area contributed by atoms with Gasteiger partial charge in [0, 0.05) is 32.0 Å². The predicted molar refractivity (Wildman–Crippen MR) is 140 cm³/mol. The number of amides is 1. The number of benzene rings is 2. The smallest absolute Gasteiger partial charge is 0.407 e. The number of nitrogens with one attached hydrogen (secondary N) is 1. The number of aliphatic hydroxyl groups excluding tert-OH is 1. The SMILES string of the molecule is C1CCOC1.COC(=O)N[C@@H](Cc1ccccc1)[C@H](O)CN(CC(C)C)S(=O)(=O)c1ccc(N)cc1. The van der Waals surface area contributed by atoms with E-state index in [-0.39, 0.29) is 23.9 Å². The minimum atomic E-state index is -3.87. The fraction of sp³-hybridized carbons (Fsp3) is 0.500. The van der Waals surface area contributed by atoms with Crippen LogP contribution in [0.2, 0.25) is 0 Å². The number of aliphatic hydroxyl groups is 1. The zero-order chi connectivity index (χ0) is 26.6. The van der Waals surface area contributed by atoms with E-state index in [9.17, 15) is 18.3 Å². The molecule has 0 radical (unpaired) electrons. The largest absolute Gasteiger partial charge is 0.453 e. The molecule has 1 heterocycles. The Morgan fingerprint density at radius 3 is 2.19 bits per heavy atom. The van der Waals surface area contributed by atoms with Gasteiger partial charge < -0.3 is 25.6 Å². The Kier molecular flexibility index (Phi) is 12.1. The molecular weight excluding hydrogens is 482 g/mol. The molecule has 2 atom stereocenters. The summed E-state index contributed by atoms with van der Waals surface area (Å²) in [6.45, 7) is 5.81. The summed E-state index contributed by atoms with van der Waals surface area (Å²) in [6.07, 6.45) is 1.01. The third kappa shape index (κ3) is 9.77. The standard InChI is InChI=1S/C22H31N3O5S.C4H8O/c1-16(2)14-25(31(28,29)19-11-9-18(23)10-12-19)15-21(26)20(24-22(27)30-3)13-17-7-5-4-6-8-17;1-2-4-5-3-1/h4-12,16,20-21,26H,13-15,23H2,1-3H3,(H,24,27);1-4H2/t20-,21+;/m0./s1. The Hall–Kier alpha value is -2.66. The summed E-state index contributed by atoms with van der Waals surface area (Å²) in [5.74, 6) is 0.0249. The minimum absolute atomic E-state index is 0.0249. The zero-order valence-corrected chi connectivity index (χ0v) is 22.1.